The van der Waals surface area contributed by atoms with Crippen molar-refractivity contribution >= 4 is 11.9 Å². The number of likely N-dealkylation sites (tertiary alicyclic amines) is 1. The molecule has 0 radical (unpaired) electrons. The molecule has 3 rings (SSSR count). The molecule has 0 bridgehead atoms. The van der Waals surface area contributed by atoms with Gasteiger partial charge in [-0.05, 0) is 32.1 Å². The predicted molar refractivity (Wildman–Crippen MR) is 117 cm³/mol. The third kappa shape index (κ3) is 5.85. The quantitative estimate of drug-likeness (QED) is 0.476. The van der Waals surface area contributed by atoms with Crippen molar-refractivity contribution in [2.45, 2.75) is 76.3 Å². The summed E-state index contributed by atoms with van der Waals surface area (Å²) in [7, 11) is 1.85. The molecule has 2 N–H and O–H groups in total. The third-order valence-corrected chi connectivity index (χ3v) is 7.07. The Balaban J connectivity index is 1.48. The van der Waals surface area contributed by atoms with Gasteiger partial charge in [0.15, 0.2) is 5.96 Å². The molecule has 0 aromatic heterocycles. The van der Waals surface area contributed by atoms with Crippen molar-refractivity contribution in [3.63, 3.8) is 0 Å². The molecule has 0 aromatic rings. The molecule has 0 spiro atoms. The molecule has 1 unspecified atom stereocenters. The first-order valence-electron chi connectivity index (χ1n) is 11.8. The van der Waals surface area contributed by atoms with Crippen LogP contribution in [-0.2, 0) is 9.53 Å². The Morgan fingerprint density at radius 1 is 1.14 bits per heavy atom. The Kier molecular flexibility index (Phi) is 8.60. The number of nitrogens with one attached hydrogen (secondary N) is 2. The van der Waals surface area contributed by atoms with Gasteiger partial charge in [-0.15, -0.1) is 0 Å². The topological polar surface area (TPSA) is 69.2 Å². The van der Waals surface area contributed by atoms with E-state index in [9.17, 15) is 4.79 Å². The number of guanidine groups is 1. The summed E-state index contributed by atoms with van der Waals surface area (Å²) in [4.78, 5) is 21.2. The highest BCUT2D eigenvalue weighted by Gasteiger charge is 2.38. The SMILES string of the molecule is CCC(CCNC(=NC)NCC1(N2CCOCC2)CCCCC1)N1CCCC1=O. The number of rotatable bonds is 8. The van der Waals surface area contributed by atoms with Crippen LogP contribution in [0.5, 0.6) is 0 Å². The van der Waals surface area contributed by atoms with E-state index < -0.39 is 0 Å². The summed E-state index contributed by atoms with van der Waals surface area (Å²) in [5, 5.41) is 7.11. The number of morpholine rings is 1. The van der Waals surface area contributed by atoms with Gasteiger partial charge in [0.25, 0.3) is 0 Å². The summed E-state index contributed by atoms with van der Waals surface area (Å²) in [6.45, 7) is 8.65. The van der Waals surface area contributed by atoms with Crippen LogP contribution >= 0.6 is 0 Å². The molecule has 0 aromatic carbocycles. The summed E-state index contributed by atoms with van der Waals surface area (Å²) >= 11 is 0. The lowest BCUT2D eigenvalue weighted by Gasteiger charge is -2.48. The second kappa shape index (κ2) is 11.2. The Bertz CT molecular complexity index is 541. The minimum absolute atomic E-state index is 0.230. The van der Waals surface area contributed by atoms with Crippen LogP contribution in [0.3, 0.4) is 0 Å². The Morgan fingerprint density at radius 2 is 1.90 bits per heavy atom. The molecule has 7 heteroatoms. The lowest BCUT2D eigenvalue weighted by atomic mass is 9.80. The van der Waals surface area contributed by atoms with E-state index in [0.29, 0.717) is 11.9 Å². The number of hydrogen-bond donors (Lipinski definition) is 2. The van der Waals surface area contributed by atoms with Gasteiger partial charge in [-0.3, -0.25) is 14.7 Å². The minimum Gasteiger partial charge on any atom is -0.379 e. The van der Waals surface area contributed by atoms with E-state index in [0.717, 1.165) is 77.6 Å². The molecule has 1 aliphatic carbocycles. The first-order chi connectivity index (χ1) is 14.2. The molecule has 2 aliphatic heterocycles. The molecular weight excluding hydrogens is 366 g/mol. The standard InChI is InChI=1S/C22H41N5O2/c1-3-19(27-13-7-8-20(27)28)9-12-24-21(23-2)25-18-22(10-5-4-6-11-22)26-14-16-29-17-15-26/h19H,3-18H2,1-2H3,(H2,23,24,25). The summed E-state index contributed by atoms with van der Waals surface area (Å²) in [6, 6.07) is 0.341. The molecule has 1 saturated carbocycles. The Labute approximate surface area is 176 Å². The molecule has 2 saturated heterocycles. The van der Waals surface area contributed by atoms with Crippen LogP contribution in [0.2, 0.25) is 0 Å². The van der Waals surface area contributed by atoms with Crippen LogP contribution in [-0.4, -0.2) is 86.2 Å². The molecule has 3 fully saturated rings. The average Bonchev–Trinajstić information content (AvgIpc) is 3.20. The normalized spacial score (nSPS) is 24.6. The van der Waals surface area contributed by atoms with Crippen LogP contribution < -0.4 is 10.6 Å². The van der Waals surface area contributed by atoms with Crippen molar-refractivity contribution in [1.29, 1.82) is 0 Å². The molecule has 29 heavy (non-hydrogen) atoms. The van der Waals surface area contributed by atoms with Gasteiger partial charge in [0, 0.05) is 57.8 Å². The number of nitrogens with zero attached hydrogens (tertiary/aromatic N) is 3. The van der Waals surface area contributed by atoms with E-state index in [4.69, 9.17) is 4.74 Å². The highest BCUT2D eigenvalue weighted by molar-refractivity contribution is 5.80. The monoisotopic (exact) mass is 407 g/mol. The van der Waals surface area contributed by atoms with Crippen molar-refractivity contribution in [2.24, 2.45) is 4.99 Å². The van der Waals surface area contributed by atoms with Gasteiger partial charge >= 0.3 is 0 Å². The number of carbonyl (C=O) groups is 1. The van der Waals surface area contributed by atoms with Crippen LogP contribution in [0.4, 0.5) is 0 Å². The van der Waals surface area contributed by atoms with Crippen molar-refractivity contribution in [3.8, 4) is 0 Å². The van der Waals surface area contributed by atoms with Crippen LogP contribution in [0.25, 0.3) is 0 Å². The number of ether oxygens (including phenoxy) is 1. The zero-order valence-corrected chi connectivity index (χ0v) is 18.5. The van der Waals surface area contributed by atoms with E-state index in [2.05, 4.69) is 32.3 Å². The maximum absolute atomic E-state index is 12.0. The van der Waals surface area contributed by atoms with Gasteiger partial charge in [-0.1, -0.05) is 26.2 Å². The minimum atomic E-state index is 0.230. The lowest BCUT2D eigenvalue weighted by Crippen LogP contribution is -2.60. The average molecular weight is 408 g/mol. The van der Waals surface area contributed by atoms with Crippen LogP contribution in [0.15, 0.2) is 4.99 Å². The van der Waals surface area contributed by atoms with Crippen molar-refractivity contribution in [2.75, 3.05) is 53.0 Å². The number of amides is 1. The number of hydrogen-bond acceptors (Lipinski definition) is 4. The summed E-state index contributed by atoms with van der Waals surface area (Å²) in [5.41, 5.74) is 0.230. The van der Waals surface area contributed by atoms with Gasteiger partial charge in [0.1, 0.15) is 0 Å². The second-order valence-corrected chi connectivity index (χ2v) is 8.78. The van der Waals surface area contributed by atoms with Crippen LogP contribution in [0.1, 0.15) is 64.7 Å². The van der Waals surface area contributed by atoms with Crippen molar-refractivity contribution in [3.05, 3.63) is 0 Å². The largest absolute Gasteiger partial charge is 0.379 e. The summed E-state index contributed by atoms with van der Waals surface area (Å²) in [5.74, 6) is 1.20. The van der Waals surface area contributed by atoms with E-state index in [1.165, 1.54) is 32.1 Å². The highest BCUT2D eigenvalue weighted by Crippen LogP contribution is 2.33. The zero-order valence-electron chi connectivity index (χ0n) is 18.5. The van der Waals surface area contributed by atoms with E-state index in [1.807, 2.05) is 7.05 Å². The fourth-order valence-corrected chi connectivity index (χ4v) is 5.31. The second-order valence-electron chi connectivity index (χ2n) is 8.78. The molecule has 2 heterocycles. The third-order valence-electron chi connectivity index (χ3n) is 7.07. The lowest BCUT2D eigenvalue weighted by molar-refractivity contribution is -0.129. The maximum atomic E-state index is 12.0. The fraction of sp³-hybridized carbons (Fsp3) is 0.909. The molecule has 7 nitrogen and oxygen atoms in total. The Morgan fingerprint density at radius 3 is 2.52 bits per heavy atom. The molecule has 1 atom stereocenters. The maximum Gasteiger partial charge on any atom is 0.222 e. The number of carbonyl (C=O) groups excluding carboxylic acids is 1. The predicted octanol–water partition coefficient (Wildman–Crippen LogP) is 1.98. The van der Waals surface area contributed by atoms with Crippen molar-refractivity contribution < 1.29 is 9.53 Å². The van der Waals surface area contributed by atoms with Gasteiger partial charge < -0.3 is 20.3 Å². The fourth-order valence-electron chi connectivity index (χ4n) is 5.31. The van der Waals surface area contributed by atoms with E-state index in [-0.39, 0.29) is 5.54 Å². The highest BCUT2D eigenvalue weighted by atomic mass is 16.5. The first kappa shape index (κ1) is 22.3. The molecule has 1 amide bonds. The van der Waals surface area contributed by atoms with Crippen molar-refractivity contribution in [1.82, 2.24) is 20.4 Å². The van der Waals surface area contributed by atoms with E-state index >= 15 is 0 Å². The Hall–Kier alpha value is -1.34. The van der Waals surface area contributed by atoms with Gasteiger partial charge in [0.2, 0.25) is 5.91 Å². The summed E-state index contributed by atoms with van der Waals surface area (Å²) in [6.07, 6.45) is 10.2. The van der Waals surface area contributed by atoms with Gasteiger partial charge in [-0.25, -0.2) is 0 Å². The molecular formula is C22H41N5O2. The van der Waals surface area contributed by atoms with Gasteiger partial charge in [-0.2, -0.15) is 0 Å². The van der Waals surface area contributed by atoms with Crippen LogP contribution in [0, 0.1) is 0 Å². The van der Waals surface area contributed by atoms with E-state index in [1.54, 1.807) is 0 Å². The first-order valence-corrected chi connectivity index (χ1v) is 11.8. The molecule has 166 valence electrons. The zero-order chi connectivity index (χ0) is 20.5. The van der Waals surface area contributed by atoms with Gasteiger partial charge in [0.05, 0.1) is 13.2 Å². The smallest absolute Gasteiger partial charge is 0.222 e. The summed E-state index contributed by atoms with van der Waals surface area (Å²) < 4.78 is 5.59. The molecule has 3 aliphatic rings. The number of aliphatic imine (C=N–C) groups is 1.